The van der Waals surface area contributed by atoms with Gasteiger partial charge in [0.15, 0.2) is 22.9 Å². The van der Waals surface area contributed by atoms with Gasteiger partial charge in [0.1, 0.15) is 16.6 Å². The molecular formula is C25H17ClF4N6O2. The SMILES string of the molecule is COc1ccc(-c2cc(C(F)(F)F)n3nc(C(=O)Nc4nn(Cc5ccccc5F)cc4Cl)cc3n2)cc1. The lowest BCUT2D eigenvalue weighted by Gasteiger charge is -2.11. The van der Waals surface area contributed by atoms with E-state index in [1.807, 2.05) is 0 Å². The number of anilines is 1. The third-order valence-electron chi connectivity index (χ3n) is 5.58. The van der Waals surface area contributed by atoms with Crippen molar-refractivity contribution in [2.45, 2.75) is 12.7 Å². The smallest absolute Gasteiger partial charge is 0.433 e. The van der Waals surface area contributed by atoms with Crippen LogP contribution in [-0.4, -0.2) is 37.4 Å². The van der Waals surface area contributed by atoms with E-state index in [9.17, 15) is 22.4 Å². The number of aromatic nitrogens is 5. The molecule has 0 spiro atoms. The molecule has 0 atom stereocenters. The summed E-state index contributed by atoms with van der Waals surface area (Å²) in [5.41, 5.74) is -0.836. The number of benzene rings is 2. The molecule has 13 heteroatoms. The Balaban J connectivity index is 1.45. The molecule has 8 nitrogen and oxygen atoms in total. The van der Waals surface area contributed by atoms with Crippen LogP contribution in [-0.2, 0) is 12.7 Å². The Morgan fingerprint density at radius 1 is 1.08 bits per heavy atom. The molecule has 3 heterocycles. The molecule has 0 aliphatic heterocycles. The Hall–Kier alpha value is -4.45. The number of amides is 1. The minimum absolute atomic E-state index is 0.0364. The molecule has 2 aromatic carbocycles. The quantitative estimate of drug-likeness (QED) is 0.277. The van der Waals surface area contributed by atoms with E-state index in [1.165, 1.54) is 24.1 Å². The van der Waals surface area contributed by atoms with Gasteiger partial charge in [0.05, 0.1) is 19.3 Å². The number of fused-ring (bicyclic) bond motifs is 1. The van der Waals surface area contributed by atoms with Crippen LogP contribution in [0.2, 0.25) is 5.02 Å². The van der Waals surface area contributed by atoms with Crippen LogP contribution in [0.15, 0.2) is 66.9 Å². The fourth-order valence-corrected chi connectivity index (χ4v) is 3.93. The van der Waals surface area contributed by atoms with Crippen molar-refractivity contribution in [2.75, 3.05) is 12.4 Å². The number of halogens is 5. The van der Waals surface area contributed by atoms with E-state index in [2.05, 4.69) is 20.5 Å². The van der Waals surface area contributed by atoms with Crippen molar-refractivity contribution in [3.05, 3.63) is 94.7 Å². The minimum Gasteiger partial charge on any atom is -0.497 e. The second kappa shape index (κ2) is 9.78. The molecule has 0 radical (unpaired) electrons. The lowest BCUT2D eigenvalue weighted by atomic mass is 10.1. The van der Waals surface area contributed by atoms with E-state index < -0.39 is 23.6 Å². The van der Waals surface area contributed by atoms with E-state index in [4.69, 9.17) is 16.3 Å². The Kier molecular flexibility index (Phi) is 6.49. The van der Waals surface area contributed by atoms with Gasteiger partial charge in [-0.2, -0.15) is 23.4 Å². The first-order valence-electron chi connectivity index (χ1n) is 11.0. The summed E-state index contributed by atoms with van der Waals surface area (Å²) in [6.07, 6.45) is -3.39. The normalized spacial score (nSPS) is 11.6. The van der Waals surface area contributed by atoms with Crippen LogP contribution in [0.3, 0.4) is 0 Å². The van der Waals surface area contributed by atoms with Crippen molar-refractivity contribution in [3.8, 4) is 17.0 Å². The van der Waals surface area contributed by atoms with Crippen LogP contribution < -0.4 is 10.1 Å². The van der Waals surface area contributed by atoms with Crippen LogP contribution in [0, 0.1) is 5.82 Å². The van der Waals surface area contributed by atoms with Crippen LogP contribution in [0.25, 0.3) is 16.9 Å². The van der Waals surface area contributed by atoms with Gasteiger partial charge in [-0.3, -0.25) is 9.48 Å². The summed E-state index contributed by atoms with van der Waals surface area (Å²) >= 11 is 6.17. The van der Waals surface area contributed by atoms with E-state index in [-0.39, 0.29) is 34.4 Å². The first-order chi connectivity index (χ1) is 18.1. The summed E-state index contributed by atoms with van der Waals surface area (Å²) in [6, 6.07) is 14.4. The van der Waals surface area contributed by atoms with Crippen LogP contribution in [0.4, 0.5) is 23.4 Å². The molecule has 0 saturated heterocycles. The number of nitrogens with zero attached hydrogens (tertiary/aromatic N) is 5. The number of carbonyl (C=O) groups excluding carboxylic acids is 1. The molecular weight excluding hydrogens is 528 g/mol. The van der Waals surface area contributed by atoms with Crippen molar-refractivity contribution in [1.82, 2.24) is 24.4 Å². The third kappa shape index (κ3) is 5.02. The first kappa shape index (κ1) is 25.2. The van der Waals surface area contributed by atoms with Crippen molar-refractivity contribution >= 4 is 29.0 Å². The van der Waals surface area contributed by atoms with Gasteiger partial charge in [0.2, 0.25) is 0 Å². The number of methoxy groups -OCH3 is 1. The highest BCUT2D eigenvalue weighted by molar-refractivity contribution is 6.33. The standard InChI is InChI=1S/C25H17ClF4N6O2/c1-38-16-8-6-14(7-9-16)19-10-21(25(28,29)30)36-22(31-19)11-20(33-36)24(37)32-23-17(26)13-35(34-23)12-15-4-2-3-5-18(15)27/h2-11,13H,12H2,1H3,(H,32,34,37). The molecule has 0 unspecified atom stereocenters. The molecule has 38 heavy (non-hydrogen) atoms. The van der Waals surface area contributed by atoms with Crippen molar-refractivity contribution in [2.24, 2.45) is 0 Å². The number of alkyl halides is 3. The maximum atomic E-state index is 14.0. The molecule has 3 aromatic heterocycles. The van der Waals surface area contributed by atoms with E-state index >= 15 is 0 Å². The first-order valence-corrected chi connectivity index (χ1v) is 11.4. The summed E-state index contributed by atoms with van der Waals surface area (Å²) in [6.45, 7) is 0.0453. The van der Waals surface area contributed by atoms with E-state index in [1.54, 1.807) is 42.5 Å². The number of hydrogen-bond acceptors (Lipinski definition) is 5. The predicted molar refractivity (Wildman–Crippen MR) is 131 cm³/mol. The van der Waals surface area contributed by atoms with Gasteiger partial charge in [0.25, 0.3) is 5.91 Å². The zero-order valence-corrected chi connectivity index (χ0v) is 20.3. The highest BCUT2D eigenvalue weighted by Crippen LogP contribution is 2.33. The monoisotopic (exact) mass is 544 g/mol. The number of rotatable bonds is 6. The van der Waals surface area contributed by atoms with Crippen molar-refractivity contribution in [1.29, 1.82) is 0 Å². The maximum absolute atomic E-state index is 14.0. The Labute approximate surface area is 217 Å². The molecule has 1 N–H and O–H groups in total. The van der Waals surface area contributed by atoms with Gasteiger partial charge in [-0.25, -0.2) is 13.9 Å². The lowest BCUT2D eigenvalue weighted by molar-refractivity contribution is -0.142. The Morgan fingerprint density at radius 2 is 1.82 bits per heavy atom. The van der Waals surface area contributed by atoms with E-state index in [0.717, 1.165) is 12.1 Å². The van der Waals surface area contributed by atoms with Crippen LogP contribution in [0.5, 0.6) is 5.75 Å². The Bertz CT molecular complexity index is 1650. The summed E-state index contributed by atoms with van der Waals surface area (Å²) in [5.74, 6) is -0.818. The maximum Gasteiger partial charge on any atom is 0.433 e. The molecule has 1 amide bonds. The van der Waals surface area contributed by atoms with Gasteiger partial charge in [-0.05, 0) is 36.4 Å². The number of ether oxygens (including phenoxy) is 1. The Morgan fingerprint density at radius 3 is 2.50 bits per heavy atom. The average molecular weight is 545 g/mol. The highest BCUT2D eigenvalue weighted by Gasteiger charge is 2.35. The van der Waals surface area contributed by atoms with Gasteiger partial charge >= 0.3 is 6.18 Å². The van der Waals surface area contributed by atoms with Crippen LogP contribution >= 0.6 is 11.6 Å². The molecule has 0 bridgehead atoms. The van der Waals surface area contributed by atoms with Crippen molar-refractivity contribution < 1.29 is 27.1 Å². The van der Waals surface area contributed by atoms with Gasteiger partial charge < -0.3 is 10.1 Å². The molecule has 194 valence electrons. The van der Waals surface area contributed by atoms with Gasteiger partial charge in [0, 0.05) is 23.4 Å². The second-order valence-electron chi connectivity index (χ2n) is 8.12. The zero-order valence-electron chi connectivity index (χ0n) is 19.5. The largest absolute Gasteiger partial charge is 0.497 e. The summed E-state index contributed by atoms with van der Waals surface area (Å²) < 4.78 is 62.6. The highest BCUT2D eigenvalue weighted by atomic mass is 35.5. The number of nitrogens with one attached hydrogen (secondary N) is 1. The number of hydrogen-bond donors (Lipinski definition) is 1. The van der Waals surface area contributed by atoms with Crippen molar-refractivity contribution in [3.63, 3.8) is 0 Å². The second-order valence-corrected chi connectivity index (χ2v) is 8.53. The number of carbonyl (C=O) groups is 1. The lowest BCUT2D eigenvalue weighted by Crippen LogP contribution is -2.16. The molecule has 5 rings (SSSR count). The zero-order chi connectivity index (χ0) is 27.0. The average Bonchev–Trinajstić information content (AvgIpc) is 3.47. The molecule has 0 saturated carbocycles. The molecule has 5 aromatic rings. The summed E-state index contributed by atoms with van der Waals surface area (Å²) in [4.78, 5) is 17.1. The minimum atomic E-state index is -4.78. The fraction of sp³-hybridized carbons (Fsp3) is 0.120. The predicted octanol–water partition coefficient (Wildman–Crippen LogP) is 5.71. The molecule has 0 aliphatic carbocycles. The van der Waals surface area contributed by atoms with Gasteiger partial charge in [-0.1, -0.05) is 29.8 Å². The summed E-state index contributed by atoms with van der Waals surface area (Å²) in [7, 11) is 1.47. The molecule has 0 fully saturated rings. The topological polar surface area (TPSA) is 86.3 Å². The summed E-state index contributed by atoms with van der Waals surface area (Å²) in [5, 5.41) is 10.4. The van der Waals surface area contributed by atoms with Crippen LogP contribution in [0.1, 0.15) is 21.7 Å². The fourth-order valence-electron chi connectivity index (χ4n) is 3.73. The third-order valence-corrected chi connectivity index (χ3v) is 5.85. The van der Waals surface area contributed by atoms with E-state index in [0.29, 0.717) is 21.4 Å². The molecule has 0 aliphatic rings. The van der Waals surface area contributed by atoms with Gasteiger partial charge in [-0.15, -0.1) is 0 Å².